The highest BCUT2D eigenvalue weighted by Gasteiger charge is 2.24. The molecule has 0 aliphatic heterocycles. The zero-order chi connectivity index (χ0) is 26.7. The van der Waals surface area contributed by atoms with Crippen LogP contribution in [0, 0.1) is 26.6 Å². The Morgan fingerprint density at radius 3 is 2.32 bits per heavy atom. The molecule has 1 N–H and O–H groups in total. The van der Waals surface area contributed by atoms with Gasteiger partial charge in [0, 0.05) is 18.0 Å². The van der Waals surface area contributed by atoms with Crippen LogP contribution in [-0.2, 0) is 10.0 Å². The second kappa shape index (κ2) is 10.3. The second-order valence-corrected chi connectivity index (χ2v) is 9.83. The lowest BCUT2D eigenvalue weighted by atomic mass is 10.1. The molecule has 4 rings (SSSR count). The van der Waals surface area contributed by atoms with Crippen LogP contribution in [0.3, 0.4) is 0 Å². The van der Waals surface area contributed by atoms with Crippen LogP contribution >= 0.6 is 0 Å². The highest BCUT2D eigenvalue weighted by molar-refractivity contribution is 7.90. The Morgan fingerprint density at radius 2 is 1.70 bits per heavy atom. The van der Waals surface area contributed by atoms with Crippen molar-refractivity contribution in [3.63, 3.8) is 0 Å². The number of aromatic nitrogens is 3. The quantitative estimate of drug-likeness (QED) is 0.376. The van der Waals surface area contributed by atoms with Crippen molar-refractivity contribution in [2.24, 2.45) is 0 Å². The number of nitrogens with zero attached hydrogens (tertiary/aromatic N) is 3. The van der Waals surface area contributed by atoms with Gasteiger partial charge >= 0.3 is 0 Å². The van der Waals surface area contributed by atoms with Gasteiger partial charge in [-0.15, -0.1) is 0 Å². The summed E-state index contributed by atoms with van der Waals surface area (Å²) in [5.41, 5.74) is 2.99. The largest absolute Gasteiger partial charge is 0.479 e. The van der Waals surface area contributed by atoms with Gasteiger partial charge in [-0.05, 0) is 62.2 Å². The first-order chi connectivity index (χ1) is 17.6. The molecule has 3 aromatic heterocycles. The number of methoxy groups -OCH3 is 1. The zero-order valence-electron chi connectivity index (χ0n) is 20.4. The highest BCUT2D eigenvalue weighted by atomic mass is 32.2. The van der Waals surface area contributed by atoms with Gasteiger partial charge in [0.1, 0.15) is 11.3 Å². The zero-order valence-corrected chi connectivity index (χ0v) is 21.3. The molecule has 0 radical (unpaired) electrons. The fourth-order valence-corrected chi connectivity index (χ4v) is 4.64. The Balaban J connectivity index is 1.79. The van der Waals surface area contributed by atoms with Gasteiger partial charge in [0.2, 0.25) is 11.8 Å². The monoisotopic (exact) mass is 522 g/mol. The van der Waals surface area contributed by atoms with E-state index in [1.165, 1.54) is 49.8 Å². The maximum atomic E-state index is 14.3. The van der Waals surface area contributed by atoms with Gasteiger partial charge < -0.3 is 9.47 Å². The highest BCUT2D eigenvalue weighted by Crippen LogP contribution is 2.33. The van der Waals surface area contributed by atoms with E-state index >= 15 is 0 Å². The smallest absolute Gasteiger partial charge is 0.281 e. The molecule has 37 heavy (non-hydrogen) atoms. The molecule has 3 heterocycles. The molecule has 0 fully saturated rings. The molecule has 0 unspecified atom stereocenters. The van der Waals surface area contributed by atoms with Crippen LogP contribution in [-0.4, -0.2) is 36.4 Å². The maximum Gasteiger partial charge on any atom is 0.281 e. The van der Waals surface area contributed by atoms with Crippen molar-refractivity contribution >= 4 is 15.9 Å². The summed E-state index contributed by atoms with van der Waals surface area (Å²) in [6.45, 7) is 5.62. The number of sulfonamides is 1. The molecule has 1 aromatic carbocycles. The number of ether oxygens (including phenoxy) is 2. The van der Waals surface area contributed by atoms with Crippen LogP contribution < -0.4 is 14.2 Å². The molecule has 190 valence electrons. The van der Waals surface area contributed by atoms with E-state index in [1.54, 1.807) is 6.07 Å². The first-order valence-corrected chi connectivity index (χ1v) is 12.5. The summed E-state index contributed by atoms with van der Waals surface area (Å²) < 4.78 is 52.6. The summed E-state index contributed by atoms with van der Waals surface area (Å²) >= 11 is 0. The van der Waals surface area contributed by atoms with Gasteiger partial charge in [-0.1, -0.05) is 23.8 Å². The van der Waals surface area contributed by atoms with E-state index in [-0.39, 0.29) is 28.0 Å². The maximum absolute atomic E-state index is 14.3. The standard InChI is InChI=1S/C26H23FN4O5S/c1-15-11-16(2)23(17(3)12-15)36-25-19(24(32)31-37(33,34)22-7-5-6-10-28-22)8-9-21(30-25)18-13-20(27)26(35-4)29-14-18/h5-14H,1-4H3,(H,31,32). The van der Waals surface area contributed by atoms with E-state index in [9.17, 15) is 17.6 Å². The number of pyridine rings is 3. The van der Waals surface area contributed by atoms with E-state index in [0.29, 0.717) is 11.3 Å². The third kappa shape index (κ3) is 5.56. The Bertz CT molecular complexity index is 1570. The van der Waals surface area contributed by atoms with Gasteiger partial charge in [0.25, 0.3) is 15.9 Å². The van der Waals surface area contributed by atoms with Gasteiger partial charge in [-0.3, -0.25) is 4.79 Å². The van der Waals surface area contributed by atoms with E-state index in [0.717, 1.165) is 16.7 Å². The number of carbonyl (C=O) groups excluding carboxylic acids is 1. The average molecular weight is 523 g/mol. The summed E-state index contributed by atoms with van der Waals surface area (Å²) in [6, 6.07) is 12.1. The van der Waals surface area contributed by atoms with Crippen LogP contribution in [0.1, 0.15) is 27.0 Å². The van der Waals surface area contributed by atoms with Crippen LogP contribution in [0.5, 0.6) is 17.5 Å². The summed E-state index contributed by atoms with van der Waals surface area (Å²) in [7, 11) is -2.96. The number of benzene rings is 1. The molecule has 0 aliphatic rings. The predicted octanol–water partition coefficient (Wildman–Crippen LogP) is 4.52. The van der Waals surface area contributed by atoms with Crippen LogP contribution in [0.2, 0.25) is 0 Å². The predicted molar refractivity (Wildman–Crippen MR) is 134 cm³/mol. The molecule has 1 amide bonds. The molecule has 0 spiro atoms. The van der Waals surface area contributed by atoms with Crippen molar-refractivity contribution in [2.45, 2.75) is 25.8 Å². The average Bonchev–Trinajstić information content (AvgIpc) is 2.86. The van der Waals surface area contributed by atoms with Crippen molar-refractivity contribution < 1.29 is 27.1 Å². The topological polar surface area (TPSA) is 120 Å². The molecular weight excluding hydrogens is 499 g/mol. The number of aryl methyl sites for hydroxylation is 3. The number of rotatable bonds is 7. The molecule has 0 saturated heterocycles. The van der Waals surface area contributed by atoms with E-state index in [2.05, 4.69) is 15.0 Å². The second-order valence-electron chi connectivity index (χ2n) is 8.20. The van der Waals surface area contributed by atoms with E-state index < -0.39 is 21.7 Å². The van der Waals surface area contributed by atoms with E-state index in [4.69, 9.17) is 9.47 Å². The van der Waals surface area contributed by atoms with Gasteiger partial charge in [-0.25, -0.2) is 24.1 Å². The third-order valence-electron chi connectivity index (χ3n) is 5.34. The summed E-state index contributed by atoms with van der Waals surface area (Å²) in [5.74, 6) is -1.56. The number of hydrogen-bond donors (Lipinski definition) is 1. The summed E-state index contributed by atoms with van der Waals surface area (Å²) in [6.07, 6.45) is 2.66. The molecule has 9 nitrogen and oxygen atoms in total. The first kappa shape index (κ1) is 25.7. The number of nitrogens with one attached hydrogen (secondary N) is 1. The minimum absolute atomic E-state index is 0.149. The third-order valence-corrected chi connectivity index (χ3v) is 6.59. The molecular formula is C26H23FN4O5S. The van der Waals surface area contributed by atoms with Crippen molar-refractivity contribution in [1.29, 1.82) is 0 Å². The fraction of sp³-hybridized carbons (Fsp3) is 0.154. The number of carbonyl (C=O) groups is 1. The lowest BCUT2D eigenvalue weighted by Crippen LogP contribution is -2.31. The summed E-state index contributed by atoms with van der Waals surface area (Å²) in [5, 5.41) is -0.319. The molecule has 4 aromatic rings. The normalized spacial score (nSPS) is 11.2. The number of halogens is 1. The van der Waals surface area contributed by atoms with Crippen molar-refractivity contribution in [3.05, 3.63) is 89.0 Å². The lowest BCUT2D eigenvalue weighted by molar-refractivity contribution is 0.0978. The SMILES string of the molecule is COc1ncc(-c2ccc(C(=O)NS(=O)(=O)c3ccccn3)c(Oc3c(C)cc(C)cc3C)n2)cc1F. The molecule has 0 bridgehead atoms. The van der Waals surface area contributed by atoms with Crippen molar-refractivity contribution in [2.75, 3.05) is 7.11 Å². The number of hydrogen-bond acceptors (Lipinski definition) is 8. The number of amides is 1. The molecule has 0 atom stereocenters. The van der Waals surface area contributed by atoms with Crippen LogP contribution in [0.25, 0.3) is 11.3 Å². The first-order valence-electron chi connectivity index (χ1n) is 11.0. The van der Waals surface area contributed by atoms with Gasteiger partial charge in [-0.2, -0.15) is 8.42 Å². The minimum atomic E-state index is -4.26. The van der Waals surface area contributed by atoms with Crippen LogP contribution in [0.15, 0.2) is 66.0 Å². The minimum Gasteiger partial charge on any atom is -0.479 e. The lowest BCUT2D eigenvalue weighted by Gasteiger charge is -2.16. The van der Waals surface area contributed by atoms with Crippen LogP contribution in [0.4, 0.5) is 4.39 Å². The van der Waals surface area contributed by atoms with E-state index in [1.807, 2.05) is 37.6 Å². The Kier molecular flexibility index (Phi) is 7.16. The van der Waals surface area contributed by atoms with Crippen molar-refractivity contribution in [1.82, 2.24) is 19.7 Å². The Hall–Kier alpha value is -4.38. The molecule has 0 saturated carbocycles. The molecule has 0 aliphatic carbocycles. The summed E-state index contributed by atoms with van der Waals surface area (Å²) in [4.78, 5) is 25.3. The fourth-order valence-electron chi connectivity index (χ4n) is 3.73. The Morgan fingerprint density at radius 1 is 0.973 bits per heavy atom. The Labute approximate surface area is 213 Å². The van der Waals surface area contributed by atoms with Gasteiger partial charge in [0.15, 0.2) is 10.8 Å². The van der Waals surface area contributed by atoms with Crippen molar-refractivity contribution in [3.8, 4) is 28.8 Å². The van der Waals surface area contributed by atoms with Gasteiger partial charge in [0.05, 0.1) is 12.8 Å². The molecule has 11 heteroatoms.